The van der Waals surface area contributed by atoms with Gasteiger partial charge in [-0.15, -0.1) is 0 Å². The largest absolute Gasteiger partial charge is 0.326 e. The number of hydrogen-bond acceptors (Lipinski definition) is 2. The van der Waals surface area contributed by atoms with Gasteiger partial charge in [-0.1, -0.05) is 31.2 Å². The minimum absolute atomic E-state index is 0.592. The first-order valence-corrected chi connectivity index (χ1v) is 5.66. The Morgan fingerprint density at radius 1 is 1.19 bits per heavy atom. The van der Waals surface area contributed by atoms with E-state index in [1.165, 1.54) is 11.3 Å². The molecule has 3 nitrogen and oxygen atoms in total. The van der Waals surface area contributed by atoms with Crippen LogP contribution < -0.4 is 5.73 Å². The summed E-state index contributed by atoms with van der Waals surface area (Å²) in [5.41, 5.74) is 9.11. The van der Waals surface area contributed by atoms with E-state index in [0.717, 1.165) is 18.5 Å². The Morgan fingerprint density at radius 3 is 2.56 bits per heavy atom. The molecule has 0 saturated carbocycles. The maximum absolute atomic E-state index is 5.58. The molecule has 2 rings (SSSR count). The van der Waals surface area contributed by atoms with Gasteiger partial charge in [0.25, 0.3) is 0 Å². The van der Waals surface area contributed by atoms with Crippen LogP contribution in [0.2, 0.25) is 0 Å². The minimum atomic E-state index is 0.592. The number of hydrogen-bond donors (Lipinski definition) is 1. The molecule has 0 spiro atoms. The lowest BCUT2D eigenvalue weighted by Crippen LogP contribution is -2.01. The summed E-state index contributed by atoms with van der Waals surface area (Å²) in [6.45, 7) is 3.71. The molecule has 0 aliphatic carbocycles. The van der Waals surface area contributed by atoms with Crippen molar-refractivity contribution in [1.29, 1.82) is 0 Å². The van der Waals surface area contributed by atoms with Gasteiger partial charge in [0.1, 0.15) is 0 Å². The lowest BCUT2D eigenvalue weighted by atomic mass is 10.1. The standard InChI is InChI=1S/C13H17N3/c1-2-9-16-13(7-8-15-16)12-5-3-11(10-14)4-6-12/h3-8H,2,9-10,14H2,1H3. The fourth-order valence-electron chi connectivity index (χ4n) is 1.78. The highest BCUT2D eigenvalue weighted by Gasteiger charge is 2.03. The Labute approximate surface area is 95.9 Å². The molecule has 1 heterocycles. The van der Waals surface area contributed by atoms with Crippen LogP contribution in [0.1, 0.15) is 18.9 Å². The van der Waals surface area contributed by atoms with Crippen LogP contribution in [0.25, 0.3) is 11.3 Å². The Hall–Kier alpha value is -1.61. The van der Waals surface area contributed by atoms with Crippen LogP contribution in [0.15, 0.2) is 36.5 Å². The Balaban J connectivity index is 2.31. The van der Waals surface area contributed by atoms with Gasteiger partial charge < -0.3 is 5.73 Å². The summed E-state index contributed by atoms with van der Waals surface area (Å²) in [5, 5.41) is 4.32. The van der Waals surface area contributed by atoms with Crippen molar-refractivity contribution in [3.63, 3.8) is 0 Å². The molecular weight excluding hydrogens is 198 g/mol. The van der Waals surface area contributed by atoms with Gasteiger partial charge in [-0.05, 0) is 23.6 Å². The lowest BCUT2D eigenvalue weighted by Gasteiger charge is -2.06. The first kappa shape index (κ1) is 10.9. The summed E-state index contributed by atoms with van der Waals surface area (Å²) >= 11 is 0. The van der Waals surface area contributed by atoms with Crippen molar-refractivity contribution >= 4 is 0 Å². The van der Waals surface area contributed by atoms with Crippen LogP contribution >= 0.6 is 0 Å². The highest BCUT2D eigenvalue weighted by Crippen LogP contribution is 2.19. The summed E-state index contributed by atoms with van der Waals surface area (Å²) in [4.78, 5) is 0. The molecule has 0 unspecified atom stereocenters. The smallest absolute Gasteiger partial charge is 0.0682 e. The average Bonchev–Trinajstić information content (AvgIpc) is 2.78. The van der Waals surface area contributed by atoms with Gasteiger partial charge in [0, 0.05) is 19.3 Å². The van der Waals surface area contributed by atoms with E-state index in [1.54, 1.807) is 0 Å². The zero-order chi connectivity index (χ0) is 11.4. The zero-order valence-corrected chi connectivity index (χ0v) is 9.56. The van der Waals surface area contributed by atoms with Crippen molar-refractivity contribution in [1.82, 2.24) is 9.78 Å². The van der Waals surface area contributed by atoms with Crippen LogP contribution in [-0.2, 0) is 13.1 Å². The molecule has 1 aromatic heterocycles. The van der Waals surface area contributed by atoms with Gasteiger partial charge in [-0.2, -0.15) is 5.10 Å². The summed E-state index contributed by atoms with van der Waals surface area (Å²) in [6.07, 6.45) is 2.94. The molecule has 2 N–H and O–H groups in total. The lowest BCUT2D eigenvalue weighted by molar-refractivity contribution is 0.609. The fourth-order valence-corrected chi connectivity index (χ4v) is 1.78. The molecule has 0 atom stereocenters. The summed E-state index contributed by atoms with van der Waals surface area (Å²) in [6, 6.07) is 10.4. The van der Waals surface area contributed by atoms with E-state index < -0.39 is 0 Å². The second-order valence-electron chi connectivity index (χ2n) is 3.84. The number of benzene rings is 1. The second kappa shape index (κ2) is 4.94. The molecule has 2 aromatic rings. The van der Waals surface area contributed by atoms with Gasteiger partial charge in [-0.25, -0.2) is 0 Å². The molecule has 0 bridgehead atoms. The van der Waals surface area contributed by atoms with Crippen molar-refractivity contribution in [3.05, 3.63) is 42.1 Å². The van der Waals surface area contributed by atoms with Crippen molar-refractivity contribution in [2.75, 3.05) is 0 Å². The summed E-state index contributed by atoms with van der Waals surface area (Å²) in [5.74, 6) is 0. The van der Waals surface area contributed by atoms with Gasteiger partial charge in [0.15, 0.2) is 0 Å². The van der Waals surface area contributed by atoms with E-state index in [-0.39, 0.29) is 0 Å². The van der Waals surface area contributed by atoms with Crippen molar-refractivity contribution < 1.29 is 0 Å². The van der Waals surface area contributed by atoms with Crippen LogP contribution in [0.3, 0.4) is 0 Å². The third-order valence-electron chi connectivity index (χ3n) is 2.64. The zero-order valence-electron chi connectivity index (χ0n) is 9.56. The minimum Gasteiger partial charge on any atom is -0.326 e. The number of nitrogens with zero attached hydrogens (tertiary/aromatic N) is 2. The molecule has 0 radical (unpaired) electrons. The quantitative estimate of drug-likeness (QED) is 0.851. The Kier molecular flexibility index (Phi) is 3.37. The normalized spacial score (nSPS) is 10.6. The molecular formula is C13H17N3. The second-order valence-corrected chi connectivity index (χ2v) is 3.84. The van der Waals surface area contributed by atoms with Crippen LogP contribution in [0.4, 0.5) is 0 Å². The molecule has 0 aliphatic heterocycles. The third-order valence-corrected chi connectivity index (χ3v) is 2.64. The highest BCUT2D eigenvalue weighted by molar-refractivity contribution is 5.59. The van der Waals surface area contributed by atoms with Crippen LogP contribution in [0.5, 0.6) is 0 Å². The van der Waals surface area contributed by atoms with E-state index in [0.29, 0.717) is 6.54 Å². The van der Waals surface area contributed by atoms with Crippen molar-refractivity contribution in [2.45, 2.75) is 26.4 Å². The third kappa shape index (κ3) is 2.14. The molecule has 1 aromatic carbocycles. The maximum atomic E-state index is 5.58. The first-order valence-electron chi connectivity index (χ1n) is 5.66. The Bertz CT molecular complexity index is 442. The monoisotopic (exact) mass is 215 g/mol. The Morgan fingerprint density at radius 2 is 1.94 bits per heavy atom. The van der Waals surface area contributed by atoms with Crippen LogP contribution in [-0.4, -0.2) is 9.78 Å². The van der Waals surface area contributed by atoms with E-state index in [9.17, 15) is 0 Å². The van der Waals surface area contributed by atoms with Gasteiger partial charge in [0.05, 0.1) is 5.69 Å². The van der Waals surface area contributed by atoms with Crippen molar-refractivity contribution in [2.24, 2.45) is 5.73 Å². The molecule has 0 amide bonds. The fraction of sp³-hybridized carbons (Fsp3) is 0.308. The number of aryl methyl sites for hydroxylation is 1. The van der Waals surface area contributed by atoms with Gasteiger partial charge in [-0.3, -0.25) is 4.68 Å². The average molecular weight is 215 g/mol. The molecule has 0 fully saturated rings. The van der Waals surface area contributed by atoms with E-state index >= 15 is 0 Å². The predicted molar refractivity (Wildman–Crippen MR) is 65.8 cm³/mol. The summed E-state index contributed by atoms with van der Waals surface area (Å²) in [7, 11) is 0. The van der Waals surface area contributed by atoms with E-state index in [4.69, 9.17) is 5.73 Å². The van der Waals surface area contributed by atoms with E-state index in [1.807, 2.05) is 16.9 Å². The molecule has 0 saturated heterocycles. The number of rotatable bonds is 4. The highest BCUT2D eigenvalue weighted by atomic mass is 15.3. The van der Waals surface area contributed by atoms with Gasteiger partial charge in [0.2, 0.25) is 0 Å². The maximum Gasteiger partial charge on any atom is 0.0682 e. The molecule has 84 valence electrons. The van der Waals surface area contributed by atoms with Gasteiger partial charge >= 0.3 is 0 Å². The topological polar surface area (TPSA) is 43.8 Å². The first-order chi connectivity index (χ1) is 7.85. The van der Waals surface area contributed by atoms with Crippen molar-refractivity contribution in [3.8, 4) is 11.3 Å². The molecule has 3 heteroatoms. The predicted octanol–water partition coefficient (Wildman–Crippen LogP) is 2.42. The number of aromatic nitrogens is 2. The molecule has 16 heavy (non-hydrogen) atoms. The number of nitrogens with two attached hydrogens (primary N) is 1. The van der Waals surface area contributed by atoms with E-state index in [2.05, 4.69) is 36.3 Å². The SMILES string of the molecule is CCCn1nccc1-c1ccc(CN)cc1. The summed E-state index contributed by atoms with van der Waals surface area (Å²) < 4.78 is 2.04. The van der Waals surface area contributed by atoms with Crippen LogP contribution in [0, 0.1) is 0 Å². The molecule has 0 aliphatic rings.